The average Bonchev–Trinajstić information content (AvgIpc) is 2.90. The number of carbonyl (C=O) groups is 1. The van der Waals surface area contributed by atoms with E-state index < -0.39 is 0 Å². The number of H-pyrrole nitrogens is 1. The number of ether oxygens (including phenoxy) is 2. The summed E-state index contributed by atoms with van der Waals surface area (Å²) in [5, 5.41) is 1.09. The van der Waals surface area contributed by atoms with Gasteiger partial charge in [0.2, 0.25) is 6.79 Å². The van der Waals surface area contributed by atoms with Crippen LogP contribution in [0.2, 0.25) is 0 Å². The summed E-state index contributed by atoms with van der Waals surface area (Å²) >= 11 is 0. The van der Waals surface area contributed by atoms with E-state index in [9.17, 15) is 4.79 Å². The van der Waals surface area contributed by atoms with Crippen LogP contribution in [-0.2, 0) is 6.42 Å². The van der Waals surface area contributed by atoms with Crippen molar-refractivity contribution in [2.75, 3.05) is 6.79 Å². The standard InChI is InChI=1S/C13H11NO3/c15-10-3-1-2-7-8-4-11-12(17-6-16-11)5-9(8)14-13(7)10/h4-5,14H,1-3,6H2. The topological polar surface area (TPSA) is 51.3 Å². The molecule has 17 heavy (non-hydrogen) atoms. The van der Waals surface area contributed by atoms with E-state index in [0.717, 1.165) is 46.5 Å². The molecule has 86 valence electrons. The molecule has 0 unspecified atom stereocenters. The van der Waals surface area contributed by atoms with Crippen molar-refractivity contribution in [1.29, 1.82) is 0 Å². The highest BCUT2D eigenvalue weighted by Gasteiger charge is 2.24. The third-order valence-corrected chi connectivity index (χ3v) is 3.51. The number of carbonyl (C=O) groups excluding carboxylic acids is 1. The van der Waals surface area contributed by atoms with Crippen LogP contribution in [0.5, 0.6) is 11.5 Å². The Bertz CT molecular complexity index is 642. The molecule has 2 aromatic rings. The number of aromatic amines is 1. The molecule has 0 atom stereocenters. The van der Waals surface area contributed by atoms with E-state index in [4.69, 9.17) is 9.47 Å². The lowest BCUT2D eigenvalue weighted by Crippen LogP contribution is -2.09. The zero-order valence-electron chi connectivity index (χ0n) is 9.21. The maximum atomic E-state index is 11.8. The predicted molar refractivity (Wildman–Crippen MR) is 61.7 cm³/mol. The molecule has 0 spiro atoms. The van der Waals surface area contributed by atoms with Gasteiger partial charge in [-0.1, -0.05) is 0 Å². The zero-order valence-corrected chi connectivity index (χ0v) is 9.21. The summed E-state index contributed by atoms with van der Waals surface area (Å²) in [4.78, 5) is 15.0. The number of ketones is 1. The number of nitrogens with one attached hydrogen (secondary N) is 1. The fourth-order valence-electron chi connectivity index (χ4n) is 2.69. The monoisotopic (exact) mass is 229 g/mol. The predicted octanol–water partition coefficient (Wildman–Crippen LogP) is 2.42. The lowest BCUT2D eigenvalue weighted by atomic mass is 9.94. The largest absolute Gasteiger partial charge is 0.454 e. The van der Waals surface area contributed by atoms with Gasteiger partial charge < -0.3 is 14.5 Å². The van der Waals surface area contributed by atoms with Gasteiger partial charge in [0.05, 0.1) is 11.2 Å². The first-order chi connectivity index (χ1) is 8.33. The summed E-state index contributed by atoms with van der Waals surface area (Å²) in [7, 11) is 0. The molecule has 4 heteroatoms. The first-order valence-electron chi connectivity index (χ1n) is 5.80. The molecule has 0 bridgehead atoms. The van der Waals surface area contributed by atoms with Gasteiger partial charge in [0.25, 0.3) is 0 Å². The van der Waals surface area contributed by atoms with Gasteiger partial charge in [0.15, 0.2) is 17.3 Å². The number of rotatable bonds is 0. The van der Waals surface area contributed by atoms with Crippen molar-refractivity contribution in [3.05, 3.63) is 23.4 Å². The Morgan fingerprint density at radius 1 is 1.12 bits per heavy atom. The smallest absolute Gasteiger partial charge is 0.231 e. The molecule has 1 N–H and O–H groups in total. The minimum absolute atomic E-state index is 0.212. The van der Waals surface area contributed by atoms with E-state index in [1.54, 1.807) is 0 Å². The number of aromatic nitrogens is 1. The number of Topliss-reactive ketones (excluding diaryl/α,β-unsaturated/α-hetero) is 1. The lowest BCUT2D eigenvalue weighted by Gasteiger charge is -2.09. The number of hydrogen-bond donors (Lipinski definition) is 1. The lowest BCUT2D eigenvalue weighted by molar-refractivity contribution is 0.0968. The molecule has 2 heterocycles. The third kappa shape index (κ3) is 1.15. The van der Waals surface area contributed by atoms with Crippen molar-refractivity contribution in [2.45, 2.75) is 19.3 Å². The summed E-state index contributed by atoms with van der Waals surface area (Å²) in [6, 6.07) is 3.90. The maximum absolute atomic E-state index is 11.8. The quantitative estimate of drug-likeness (QED) is 0.754. The summed E-state index contributed by atoms with van der Waals surface area (Å²) in [6.45, 7) is 0.281. The molecule has 4 rings (SSSR count). The molecule has 0 saturated heterocycles. The average molecular weight is 229 g/mol. The van der Waals surface area contributed by atoms with Gasteiger partial charge in [-0.25, -0.2) is 0 Å². The van der Waals surface area contributed by atoms with E-state index in [-0.39, 0.29) is 12.6 Å². The molecule has 0 fully saturated rings. The Balaban J connectivity index is 2.04. The van der Waals surface area contributed by atoms with Crippen molar-refractivity contribution in [1.82, 2.24) is 4.98 Å². The molecule has 1 aliphatic heterocycles. The van der Waals surface area contributed by atoms with Crippen molar-refractivity contribution >= 4 is 16.7 Å². The Kier molecular flexibility index (Phi) is 1.62. The highest BCUT2D eigenvalue weighted by atomic mass is 16.7. The summed E-state index contributed by atoms with van der Waals surface area (Å²) < 4.78 is 10.7. The Hall–Kier alpha value is -1.97. The molecule has 0 amide bonds. The molecule has 0 radical (unpaired) electrons. The second-order valence-electron chi connectivity index (χ2n) is 4.51. The van der Waals surface area contributed by atoms with E-state index in [0.29, 0.717) is 6.42 Å². The molecular weight excluding hydrogens is 218 g/mol. The van der Waals surface area contributed by atoms with Crippen molar-refractivity contribution in [3.8, 4) is 11.5 Å². The van der Waals surface area contributed by atoms with Crippen LogP contribution in [0.4, 0.5) is 0 Å². The normalized spacial score (nSPS) is 17.5. The van der Waals surface area contributed by atoms with Crippen LogP contribution in [0.3, 0.4) is 0 Å². The third-order valence-electron chi connectivity index (χ3n) is 3.51. The number of hydrogen-bond acceptors (Lipinski definition) is 3. The molecule has 4 nitrogen and oxygen atoms in total. The first-order valence-corrected chi connectivity index (χ1v) is 5.80. The van der Waals surface area contributed by atoms with Gasteiger partial charge in [0.1, 0.15) is 0 Å². The van der Waals surface area contributed by atoms with Gasteiger partial charge in [-0.2, -0.15) is 0 Å². The molecule has 0 saturated carbocycles. The Morgan fingerprint density at radius 3 is 2.82 bits per heavy atom. The van der Waals surface area contributed by atoms with E-state index in [2.05, 4.69) is 4.98 Å². The highest BCUT2D eigenvalue weighted by molar-refractivity contribution is 6.03. The van der Waals surface area contributed by atoms with Crippen LogP contribution >= 0.6 is 0 Å². The van der Waals surface area contributed by atoms with Gasteiger partial charge in [0, 0.05) is 17.9 Å². The second kappa shape index (κ2) is 3.03. The van der Waals surface area contributed by atoms with Crippen LogP contribution in [0.25, 0.3) is 10.9 Å². The zero-order chi connectivity index (χ0) is 11.4. The van der Waals surface area contributed by atoms with E-state index >= 15 is 0 Å². The van der Waals surface area contributed by atoms with Crippen LogP contribution in [0.15, 0.2) is 12.1 Å². The molecule has 1 aromatic carbocycles. The van der Waals surface area contributed by atoms with Crippen LogP contribution in [0, 0.1) is 0 Å². The van der Waals surface area contributed by atoms with Crippen LogP contribution < -0.4 is 9.47 Å². The molecule has 2 aliphatic rings. The Labute approximate surface area is 97.5 Å². The minimum atomic E-state index is 0.212. The van der Waals surface area contributed by atoms with Gasteiger partial charge in [-0.05, 0) is 24.5 Å². The van der Waals surface area contributed by atoms with Gasteiger partial charge >= 0.3 is 0 Å². The number of benzene rings is 1. The van der Waals surface area contributed by atoms with Crippen molar-refractivity contribution < 1.29 is 14.3 Å². The number of aryl methyl sites for hydroxylation is 1. The molecule has 1 aromatic heterocycles. The van der Waals surface area contributed by atoms with E-state index in [1.807, 2.05) is 12.1 Å². The fourth-order valence-corrected chi connectivity index (χ4v) is 2.69. The maximum Gasteiger partial charge on any atom is 0.231 e. The molecular formula is C13H11NO3. The minimum Gasteiger partial charge on any atom is -0.454 e. The highest BCUT2D eigenvalue weighted by Crippen LogP contribution is 2.39. The van der Waals surface area contributed by atoms with Crippen LogP contribution in [-0.4, -0.2) is 17.6 Å². The van der Waals surface area contributed by atoms with Gasteiger partial charge in [-0.3, -0.25) is 4.79 Å². The molecule has 1 aliphatic carbocycles. The summed E-state index contributed by atoms with van der Waals surface area (Å²) in [5.74, 6) is 1.74. The SMILES string of the molecule is O=C1CCCc2c1[nH]c1cc3c(cc21)OCO3. The first kappa shape index (κ1) is 9.10. The van der Waals surface area contributed by atoms with Crippen LogP contribution in [0.1, 0.15) is 28.9 Å². The van der Waals surface area contributed by atoms with Gasteiger partial charge in [-0.15, -0.1) is 0 Å². The summed E-state index contributed by atoms with van der Waals surface area (Å²) in [6.07, 6.45) is 2.54. The fraction of sp³-hybridized carbons (Fsp3) is 0.308. The second-order valence-corrected chi connectivity index (χ2v) is 4.51. The van der Waals surface area contributed by atoms with Crippen molar-refractivity contribution in [3.63, 3.8) is 0 Å². The summed E-state index contributed by atoms with van der Waals surface area (Å²) in [5.41, 5.74) is 2.87. The Morgan fingerprint density at radius 2 is 1.94 bits per heavy atom. The number of fused-ring (bicyclic) bond motifs is 4. The van der Waals surface area contributed by atoms with E-state index in [1.165, 1.54) is 0 Å². The van der Waals surface area contributed by atoms with Crippen molar-refractivity contribution in [2.24, 2.45) is 0 Å².